The molecule has 1 aromatic rings. The van der Waals surface area contributed by atoms with Crippen molar-refractivity contribution in [2.24, 2.45) is 0 Å². The number of nitrogens with one attached hydrogen (secondary N) is 1. The molecule has 0 radical (unpaired) electrons. The highest BCUT2D eigenvalue weighted by Gasteiger charge is 2.03. The van der Waals surface area contributed by atoms with E-state index in [9.17, 15) is 4.79 Å². The van der Waals surface area contributed by atoms with E-state index in [0.717, 1.165) is 31.7 Å². The zero-order valence-electron chi connectivity index (χ0n) is 11.9. The van der Waals surface area contributed by atoms with Gasteiger partial charge in [0.05, 0.1) is 5.56 Å². The van der Waals surface area contributed by atoms with Gasteiger partial charge in [-0.15, -0.1) is 0 Å². The molecule has 0 bridgehead atoms. The Morgan fingerprint density at radius 3 is 2.68 bits per heavy atom. The number of rotatable bonds is 8. The smallest absolute Gasteiger partial charge is 0.337 e. The fourth-order valence-electron chi connectivity index (χ4n) is 1.59. The minimum absolute atomic E-state index is 0.212. The lowest BCUT2D eigenvalue weighted by atomic mass is 10.2. The Balaban J connectivity index is 2.21. The van der Waals surface area contributed by atoms with Crippen molar-refractivity contribution in [3.8, 4) is 0 Å². The highest BCUT2D eigenvalue weighted by molar-refractivity contribution is 5.87. The van der Waals surface area contributed by atoms with Gasteiger partial charge in [0.2, 0.25) is 0 Å². The van der Waals surface area contributed by atoms with Crippen molar-refractivity contribution in [2.75, 3.05) is 25.5 Å². The molecule has 1 heterocycles. The standard InChI is InChI=1S/C14H23N3O2/c1-11(2)17(3)9-5-4-8-15-13-7-6-12(10-16-13)14(18)19/h6-7,10-11H,4-5,8-9H2,1-3H3,(H,15,16)(H,18,19). The number of anilines is 1. The van der Waals surface area contributed by atoms with Gasteiger partial charge in [0.1, 0.15) is 5.82 Å². The SMILES string of the molecule is CC(C)N(C)CCCCNc1ccc(C(=O)O)cn1. The highest BCUT2D eigenvalue weighted by atomic mass is 16.4. The van der Waals surface area contributed by atoms with Crippen molar-refractivity contribution in [3.05, 3.63) is 23.9 Å². The molecule has 0 aliphatic rings. The fraction of sp³-hybridized carbons (Fsp3) is 0.571. The third-order valence-corrected chi connectivity index (χ3v) is 3.14. The Bertz CT molecular complexity index is 390. The summed E-state index contributed by atoms with van der Waals surface area (Å²) < 4.78 is 0. The van der Waals surface area contributed by atoms with Crippen molar-refractivity contribution in [1.82, 2.24) is 9.88 Å². The first-order chi connectivity index (χ1) is 9.00. The molecule has 0 amide bonds. The van der Waals surface area contributed by atoms with Gasteiger partial charge in [0.25, 0.3) is 0 Å². The van der Waals surface area contributed by atoms with Gasteiger partial charge in [-0.2, -0.15) is 0 Å². The second-order valence-electron chi connectivity index (χ2n) is 4.95. The Morgan fingerprint density at radius 1 is 1.42 bits per heavy atom. The Morgan fingerprint density at radius 2 is 2.16 bits per heavy atom. The van der Waals surface area contributed by atoms with Crippen LogP contribution in [0.4, 0.5) is 5.82 Å². The second-order valence-corrected chi connectivity index (χ2v) is 4.95. The molecule has 2 N–H and O–H groups in total. The molecule has 5 heteroatoms. The number of carboxylic acids is 1. The van der Waals surface area contributed by atoms with Crippen LogP contribution in [0.2, 0.25) is 0 Å². The summed E-state index contributed by atoms with van der Waals surface area (Å²) >= 11 is 0. The molecular weight excluding hydrogens is 242 g/mol. The number of hydrogen-bond acceptors (Lipinski definition) is 4. The van der Waals surface area contributed by atoms with E-state index < -0.39 is 5.97 Å². The molecule has 0 saturated carbocycles. The maximum Gasteiger partial charge on any atom is 0.337 e. The lowest BCUT2D eigenvalue weighted by Crippen LogP contribution is -2.27. The van der Waals surface area contributed by atoms with E-state index >= 15 is 0 Å². The molecule has 5 nitrogen and oxygen atoms in total. The molecule has 0 aliphatic carbocycles. The normalized spacial score (nSPS) is 11.0. The number of aromatic carboxylic acids is 1. The average Bonchev–Trinajstić information content (AvgIpc) is 2.38. The number of carbonyl (C=O) groups is 1. The Kier molecular flexibility index (Phi) is 6.29. The minimum Gasteiger partial charge on any atom is -0.478 e. The number of nitrogens with zero attached hydrogens (tertiary/aromatic N) is 2. The summed E-state index contributed by atoms with van der Waals surface area (Å²) in [4.78, 5) is 17.0. The summed E-state index contributed by atoms with van der Waals surface area (Å²) in [5.74, 6) is -0.224. The quantitative estimate of drug-likeness (QED) is 0.706. The van der Waals surface area contributed by atoms with Gasteiger partial charge in [-0.1, -0.05) is 0 Å². The van der Waals surface area contributed by atoms with E-state index in [4.69, 9.17) is 5.11 Å². The number of unbranched alkanes of at least 4 members (excludes halogenated alkanes) is 1. The van der Waals surface area contributed by atoms with E-state index in [1.165, 1.54) is 6.20 Å². The zero-order chi connectivity index (χ0) is 14.3. The van der Waals surface area contributed by atoms with Crippen molar-refractivity contribution < 1.29 is 9.90 Å². The molecule has 0 atom stereocenters. The minimum atomic E-state index is -0.948. The predicted octanol–water partition coefficient (Wildman–Crippen LogP) is 2.31. The molecule has 106 valence electrons. The maximum atomic E-state index is 10.7. The number of pyridine rings is 1. The zero-order valence-corrected chi connectivity index (χ0v) is 11.9. The number of hydrogen-bond donors (Lipinski definition) is 2. The Labute approximate surface area is 114 Å². The van der Waals surface area contributed by atoms with E-state index in [2.05, 4.69) is 36.1 Å². The molecule has 0 fully saturated rings. The lowest BCUT2D eigenvalue weighted by Gasteiger charge is -2.20. The van der Waals surface area contributed by atoms with Gasteiger partial charge >= 0.3 is 5.97 Å². The van der Waals surface area contributed by atoms with Crippen LogP contribution in [0.1, 0.15) is 37.0 Å². The van der Waals surface area contributed by atoms with Crippen molar-refractivity contribution in [1.29, 1.82) is 0 Å². The highest BCUT2D eigenvalue weighted by Crippen LogP contribution is 2.05. The van der Waals surface area contributed by atoms with Crippen LogP contribution < -0.4 is 5.32 Å². The largest absolute Gasteiger partial charge is 0.478 e. The van der Waals surface area contributed by atoms with Gasteiger partial charge in [-0.3, -0.25) is 0 Å². The molecule has 0 saturated heterocycles. The van der Waals surface area contributed by atoms with E-state index in [1.807, 2.05) is 0 Å². The van der Waals surface area contributed by atoms with Crippen LogP contribution in [0.25, 0.3) is 0 Å². The van der Waals surface area contributed by atoms with Crippen LogP contribution in [-0.2, 0) is 0 Å². The average molecular weight is 265 g/mol. The molecule has 0 unspecified atom stereocenters. The van der Waals surface area contributed by atoms with Crippen molar-refractivity contribution in [2.45, 2.75) is 32.7 Å². The lowest BCUT2D eigenvalue weighted by molar-refractivity contribution is 0.0696. The van der Waals surface area contributed by atoms with Crippen molar-refractivity contribution >= 4 is 11.8 Å². The van der Waals surface area contributed by atoms with Gasteiger partial charge in [0.15, 0.2) is 0 Å². The third kappa shape index (κ3) is 5.70. The van der Waals surface area contributed by atoms with E-state index in [-0.39, 0.29) is 5.56 Å². The molecule has 0 aliphatic heterocycles. The molecule has 1 rings (SSSR count). The summed E-state index contributed by atoms with van der Waals surface area (Å²) in [7, 11) is 2.13. The number of carboxylic acid groups (broad SMARTS) is 1. The first kappa shape index (κ1) is 15.4. The molecule has 19 heavy (non-hydrogen) atoms. The second kappa shape index (κ2) is 7.74. The number of aromatic nitrogens is 1. The van der Waals surface area contributed by atoms with Crippen LogP contribution in [0, 0.1) is 0 Å². The Hall–Kier alpha value is -1.62. The first-order valence-electron chi connectivity index (χ1n) is 6.64. The van der Waals surface area contributed by atoms with Gasteiger partial charge in [-0.25, -0.2) is 9.78 Å². The molecule has 0 aromatic carbocycles. The summed E-state index contributed by atoms with van der Waals surface area (Å²) in [5.41, 5.74) is 0.212. The predicted molar refractivity (Wildman–Crippen MR) is 76.7 cm³/mol. The van der Waals surface area contributed by atoms with Crippen LogP contribution >= 0.6 is 0 Å². The van der Waals surface area contributed by atoms with E-state index in [1.54, 1.807) is 12.1 Å². The van der Waals surface area contributed by atoms with Crippen LogP contribution in [0.5, 0.6) is 0 Å². The molecular formula is C14H23N3O2. The molecule has 0 spiro atoms. The monoisotopic (exact) mass is 265 g/mol. The van der Waals surface area contributed by atoms with Crippen molar-refractivity contribution in [3.63, 3.8) is 0 Å². The topological polar surface area (TPSA) is 65.5 Å². The van der Waals surface area contributed by atoms with Gasteiger partial charge in [-0.05, 0) is 52.4 Å². The summed E-state index contributed by atoms with van der Waals surface area (Å²) in [6.07, 6.45) is 3.57. The molecule has 1 aromatic heterocycles. The van der Waals surface area contributed by atoms with Gasteiger partial charge < -0.3 is 15.3 Å². The summed E-state index contributed by atoms with van der Waals surface area (Å²) in [6.45, 7) is 6.31. The fourth-order valence-corrected chi connectivity index (χ4v) is 1.59. The summed E-state index contributed by atoms with van der Waals surface area (Å²) in [5, 5.41) is 11.9. The van der Waals surface area contributed by atoms with Crippen LogP contribution in [-0.4, -0.2) is 47.1 Å². The maximum absolute atomic E-state index is 10.7. The van der Waals surface area contributed by atoms with Crippen LogP contribution in [0.15, 0.2) is 18.3 Å². The van der Waals surface area contributed by atoms with Crippen LogP contribution in [0.3, 0.4) is 0 Å². The van der Waals surface area contributed by atoms with E-state index in [0.29, 0.717) is 6.04 Å². The first-order valence-corrected chi connectivity index (χ1v) is 6.64. The third-order valence-electron chi connectivity index (χ3n) is 3.14. The summed E-state index contributed by atoms with van der Waals surface area (Å²) in [6, 6.07) is 3.84. The van der Waals surface area contributed by atoms with Gasteiger partial charge in [0, 0.05) is 18.8 Å².